The molecule has 1 unspecified atom stereocenters. The molecule has 2 heteroatoms. The van der Waals surface area contributed by atoms with Crippen molar-refractivity contribution in [1.29, 1.82) is 0 Å². The van der Waals surface area contributed by atoms with Crippen molar-refractivity contribution in [2.45, 2.75) is 39.0 Å². The predicted octanol–water partition coefficient (Wildman–Crippen LogP) is 2.85. The first kappa shape index (κ1) is 9.63. The molecule has 0 aliphatic heterocycles. The van der Waals surface area contributed by atoms with Crippen LogP contribution in [0, 0.1) is 11.8 Å². The molecule has 2 nitrogen and oxygen atoms in total. The Kier molecular flexibility index (Phi) is 3.12. The van der Waals surface area contributed by atoms with Gasteiger partial charge in [-0.3, -0.25) is 0 Å². The second-order valence-electron chi connectivity index (χ2n) is 4.59. The zero-order valence-corrected chi connectivity index (χ0v) is 8.82. The number of nitrogens with zero attached hydrogens (tertiary/aromatic N) is 2. The predicted molar refractivity (Wildman–Crippen MR) is 56.9 cm³/mol. The van der Waals surface area contributed by atoms with E-state index in [-0.39, 0.29) is 0 Å². The maximum atomic E-state index is 4.06. The molecular formula is C12H18N2. The molecule has 0 spiro atoms. The summed E-state index contributed by atoms with van der Waals surface area (Å²) in [7, 11) is 0. The van der Waals surface area contributed by atoms with Gasteiger partial charge in [0.2, 0.25) is 0 Å². The molecule has 1 aliphatic rings. The molecule has 0 radical (unpaired) electrons. The monoisotopic (exact) mass is 190 g/mol. The van der Waals surface area contributed by atoms with Crippen molar-refractivity contribution in [2.75, 3.05) is 0 Å². The van der Waals surface area contributed by atoms with Gasteiger partial charge in [-0.15, -0.1) is 0 Å². The summed E-state index contributed by atoms with van der Waals surface area (Å²) in [5, 5.41) is 0. The van der Waals surface area contributed by atoms with Crippen LogP contribution in [0.15, 0.2) is 18.7 Å². The van der Waals surface area contributed by atoms with Crippen molar-refractivity contribution in [2.24, 2.45) is 11.8 Å². The fourth-order valence-electron chi connectivity index (χ4n) is 2.51. The lowest BCUT2D eigenvalue weighted by Crippen LogP contribution is -2.15. The van der Waals surface area contributed by atoms with Crippen LogP contribution in [-0.4, -0.2) is 9.97 Å². The second kappa shape index (κ2) is 4.54. The third-order valence-electron chi connectivity index (χ3n) is 3.18. The van der Waals surface area contributed by atoms with Crippen LogP contribution < -0.4 is 0 Å². The van der Waals surface area contributed by atoms with Gasteiger partial charge in [0.25, 0.3) is 0 Å². The average Bonchev–Trinajstić information content (AvgIpc) is 2.19. The van der Waals surface area contributed by atoms with E-state index in [2.05, 4.69) is 16.9 Å². The largest absolute Gasteiger partial charge is 0.245 e. The van der Waals surface area contributed by atoms with Crippen LogP contribution in [0.3, 0.4) is 0 Å². The number of aromatic nitrogens is 2. The maximum Gasteiger partial charge on any atom is 0.115 e. The molecule has 1 fully saturated rings. The number of rotatable bonds is 2. The molecule has 0 N–H and O–H groups in total. The van der Waals surface area contributed by atoms with E-state index >= 15 is 0 Å². The van der Waals surface area contributed by atoms with Gasteiger partial charge in [0.1, 0.15) is 6.33 Å². The Balaban J connectivity index is 1.91. The van der Waals surface area contributed by atoms with E-state index in [1.54, 1.807) is 6.33 Å². The molecular weight excluding hydrogens is 172 g/mol. The topological polar surface area (TPSA) is 25.8 Å². The fourth-order valence-corrected chi connectivity index (χ4v) is 2.51. The zero-order valence-electron chi connectivity index (χ0n) is 8.82. The third kappa shape index (κ3) is 2.53. The fraction of sp³-hybridized carbons (Fsp3) is 0.667. The summed E-state index contributed by atoms with van der Waals surface area (Å²) in [5.41, 5.74) is 1.30. The van der Waals surface area contributed by atoms with Crippen LogP contribution in [0.4, 0.5) is 0 Å². The van der Waals surface area contributed by atoms with Gasteiger partial charge in [0.05, 0.1) is 0 Å². The Hall–Kier alpha value is -0.920. The molecule has 2 rings (SSSR count). The van der Waals surface area contributed by atoms with Gasteiger partial charge in [0.15, 0.2) is 0 Å². The minimum absolute atomic E-state index is 0.866. The molecule has 1 aromatic rings. The van der Waals surface area contributed by atoms with Gasteiger partial charge in [-0.05, 0) is 30.2 Å². The highest BCUT2D eigenvalue weighted by atomic mass is 14.8. The van der Waals surface area contributed by atoms with Gasteiger partial charge < -0.3 is 0 Å². The van der Waals surface area contributed by atoms with E-state index in [1.807, 2.05) is 12.4 Å². The van der Waals surface area contributed by atoms with Crippen LogP contribution >= 0.6 is 0 Å². The van der Waals surface area contributed by atoms with Crippen LogP contribution in [0.5, 0.6) is 0 Å². The Bertz CT molecular complexity index is 271. The highest BCUT2D eigenvalue weighted by Crippen LogP contribution is 2.30. The Morgan fingerprint density at radius 2 is 2.07 bits per heavy atom. The Morgan fingerprint density at radius 3 is 2.79 bits per heavy atom. The molecule has 0 aromatic carbocycles. The van der Waals surface area contributed by atoms with Crippen LogP contribution in [0.1, 0.15) is 38.2 Å². The van der Waals surface area contributed by atoms with Crippen molar-refractivity contribution in [1.82, 2.24) is 9.97 Å². The van der Waals surface area contributed by atoms with E-state index in [0.29, 0.717) is 0 Å². The standard InChI is InChI=1S/C12H18N2/c1-10-3-2-4-11(5-10)6-12-7-13-9-14-8-12/h7-11H,2-6H2,1H3/t10-,11?/m1/s1. The quantitative estimate of drug-likeness (QED) is 0.716. The van der Waals surface area contributed by atoms with Gasteiger partial charge in [-0.2, -0.15) is 0 Å². The lowest BCUT2D eigenvalue weighted by atomic mass is 9.80. The first-order valence-electron chi connectivity index (χ1n) is 5.58. The highest BCUT2D eigenvalue weighted by Gasteiger charge is 2.18. The first-order chi connectivity index (χ1) is 6.84. The summed E-state index contributed by atoms with van der Waals surface area (Å²) in [6.45, 7) is 2.37. The third-order valence-corrected chi connectivity index (χ3v) is 3.18. The van der Waals surface area contributed by atoms with Crippen LogP contribution in [0.2, 0.25) is 0 Å². The molecule has 1 heterocycles. The summed E-state index contributed by atoms with van der Waals surface area (Å²) in [6.07, 6.45) is 12.3. The summed E-state index contributed by atoms with van der Waals surface area (Å²) in [5.74, 6) is 1.78. The lowest BCUT2D eigenvalue weighted by Gasteiger charge is -2.26. The summed E-state index contributed by atoms with van der Waals surface area (Å²) in [6, 6.07) is 0. The van der Waals surface area contributed by atoms with E-state index in [1.165, 1.54) is 37.7 Å². The molecule has 0 bridgehead atoms. The van der Waals surface area contributed by atoms with Crippen molar-refractivity contribution in [3.63, 3.8) is 0 Å². The second-order valence-corrected chi connectivity index (χ2v) is 4.59. The Morgan fingerprint density at radius 1 is 1.29 bits per heavy atom. The summed E-state index contributed by atoms with van der Waals surface area (Å²) in [4.78, 5) is 8.12. The minimum atomic E-state index is 0.866. The minimum Gasteiger partial charge on any atom is -0.245 e. The summed E-state index contributed by atoms with van der Waals surface area (Å²) < 4.78 is 0. The van der Waals surface area contributed by atoms with E-state index in [9.17, 15) is 0 Å². The van der Waals surface area contributed by atoms with Gasteiger partial charge >= 0.3 is 0 Å². The van der Waals surface area contributed by atoms with E-state index in [0.717, 1.165) is 11.8 Å². The molecule has 14 heavy (non-hydrogen) atoms. The molecule has 0 saturated heterocycles. The lowest BCUT2D eigenvalue weighted by molar-refractivity contribution is 0.281. The molecule has 1 aliphatic carbocycles. The molecule has 1 aromatic heterocycles. The van der Waals surface area contributed by atoms with E-state index < -0.39 is 0 Å². The average molecular weight is 190 g/mol. The Labute approximate surface area is 85.8 Å². The number of hydrogen-bond donors (Lipinski definition) is 0. The van der Waals surface area contributed by atoms with E-state index in [4.69, 9.17) is 0 Å². The smallest absolute Gasteiger partial charge is 0.115 e. The normalized spacial score (nSPS) is 27.5. The molecule has 2 atom stereocenters. The maximum absolute atomic E-state index is 4.06. The zero-order chi connectivity index (χ0) is 9.80. The van der Waals surface area contributed by atoms with Gasteiger partial charge in [-0.25, -0.2) is 9.97 Å². The van der Waals surface area contributed by atoms with Crippen molar-refractivity contribution in [3.05, 3.63) is 24.3 Å². The van der Waals surface area contributed by atoms with Crippen LogP contribution in [-0.2, 0) is 6.42 Å². The van der Waals surface area contributed by atoms with Crippen LogP contribution in [0.25, 0.3) is 0 Å². The first-order valence-corrected chi connectivity index (χ1v) is 5.58. The van der Waals surface area contributed by atoms with Gasteiger partial charge in [0, 0.05) is 12.4 Å². The van der Waals surface area contributed by atoms with Crippen molar-refractivity contribution >= 4 is 0 Å². The molecule has 1 saturated carbocycles. The SMILES string of the molecule is C[C@@H]1CCCC(Cc2cncnc2)C1. The highest BCUT2D eigenvalue weighted by molar-refractivity contribution is 5.03. The molecule has 76 valence electrons. The van der Waals surface area contributed by atoms with Gasteiger partial charge in [-0.1, -0.05) is 26.2 Å². The molecule has 0 amide bonds. The summed E-state index contributed by atoms with van der Waals surface area (Å²) >= 11 is 0. The number of hydrogen-bond acceptors (Lipinski definition) is 2. The van der Waals surface area contributed by atoms with Crippen molar-refractivity contribution < 1.29 is 0 Å². The van der Waals surface area contributed by atoms with Crippen molar-refractivity contribution in [3.8, 4) is 0 Å².